The molecule has 4 aromatic heterocycles. The molecule has 1 saturated heterocycles. The molecule has 13 heteroatoms. The third-order valence-electron chi connectivity index (χ3n) is 5.83. The van der Waals surface area contributed by atoms with Crippen molar-refractivity contribution < 1.29 is 13.3 Å². The standard InChI is InChI=1S/C24H25N7O3S3/c1-17-20(6-5-13-25-17)34-31(21-9-8-19(16-27-21)35-22-7-3-4-12-26-22)24-28-23(29-36-24)18-10-14-30(15-11-18)37(2,32)33/h3-9,12-13,16,18H,10-11,14-15H2,1-2H3. The first-order chi connectivity index (χ1) is 17.9. The highest BCUT2D eigenvalue weighted by atomic mass is 32.2. The Bertz CT molecular complexity index is 1440. The van der Waals surface area contributed by atoms with Gasteiger partial charge in [-0.1, -0.05) is 17.8 Å². The maximum absolute atomic E-state index is 11.9. The summed E-state index contributed by atoms with van der Waals surface area (Å²) in [5.74, 6) is 1.89. The van der Waals surface area contributed by atoms with Crippen LogP contribution >= 0.6 is 23.3 Å². The molecule has 0 amide bonds. The van der Waals surface area contributed by atoms with Crippen LogP contribution in [0.1, 0.15) is 30.3 Å². The lowest BCUT2D eigenvalue weighted by Crippen LogP contribution is -2.37. The van der Waals surface area contributed by atoms with Crippen molar-refractivity contribution >= 4 is 44.3 Å². The summed E-state index contributed by atoms with van der Waals surface area (Å²) in [5, 5.41) is 2.97. The van der Waals surface area contributed by atoms with Crippen molar-refractivity contribution in [1.29, 1.82) is 0 Å². The Kier molecular flexibility index (Phi) is 7.65. The Morgan fingerprint density at radius 2 is 1.86 bits per heavy atom. The lowest BCUT2D eigenvalue weighted by atomic mass is 9.98. The summed E-state index contributed by atoms with van der Waals surface area (Å²) in [5.41, 5.74) is 0.729. The Hall–Kier alpha value is -3.13. The summed E-state index contributed by atoms with van der Waals surface area (Å²) >= 11 is 2.74. The van der Waals surface area contributed by atoms with Crippen LogP contribution in [0.3, 0.4) is 0 Å². The number of pyridine rings is 3. The van der Waals surface area contributed by atoms with E-state index in [-0.39, 0.29) is 5.92 Å². The van der Waals surface area contributed by atoms with Gasteiger partial charge in [-0.25, -0.2) is 27.7 Å². The Morgan fingerprint density at radius 3 is 2.54 bits per heavy atom. The Morgan fingerprint density at radius 1 is 1.05 bits per heavy atom. The molecule has 0 atom stereocenters. The Balaban J connectivity index is 1.39. The highest BCUT2D eigenvalue weighted by molar-refractivity contribution is 7.99. The SMILES string of the molecule is Cc1ncccc1ON(c1ccc(Sc2ccccn2)cn1)c1nc(C2CCN(S(C)(=O)=O)CC2)ns1. The molecule has 0 radical (unpaired) electrons. The van der Waals surface area contributed by atoms with Crippen LogP contribution in [0.2, 0.25) is 0 Å². The van der Waals surface area contributed by atoms with E-state index in [1.807, 2.05) is 49.4 Å². The molecule has 0 unspecified atom stereocenters. The minimum absolute atomic E-state index is 0.0788. The second kappa shape index (κ2) is 11.1. The van der Waals surface area contributed by atoms with Gasteiger partial charge in [0.1, 0.15) is 10.9 Å². The van der Waals surface area contributed by atoms with E-state index in [2.05, 4.69) is 19.3 Å². The van der Waals surface area contributed by atoms with E-state index in [1.54, 1.807) is 23.7 Å². The van der Waals surface area contributed by atoms with Crippen molar-refractivity contribution in [2.45, 2.75) is 35.6 Å². The zero-order chi connectivity index (χ0) is 25.8. The van der Waals surface area contributed by atoms with Gasteiger partial charge >= 0.3 is 0 Å². The lowest BCUT2D eigenvalue weighted by Gasteiger charge is -2.28. The van der Waals surface area contributed by atoms with Gasteiger partial charge in [-0.3, -0.25) is 4.98 Å². The van der Waals surface area contributed by atoms with Crippen molar-refractivity contribution in [2.24, 2.45) is 0 Å². The molecule has 0 saturated carbocycles. The molecule has 0 aliphatic carbocycles. The highest BCUT2D eigenvalue weighted by Crippen LogP contribution is 2.34. The van der Waals surface area contributed by atoms with Gasteiger partial charge < -0.3 is 4.84 Å². The van der Waals surface area contributed by atoms with Gasteiger partial charge in [-0.2, -0.15) is 4.37 Å². The number of piperidine rings is 1. The topological polar surface area (TPSA) is 114 Å². The molecule has 4 aromatic rings. The van der Waals surface area contributed by atoms with Crippen molar-refractivity contribution in [3.63, 3.8) is 0 Å². The van der Waals surface area contributed by atoms with Crippen LogP contribution in [0.15, 0.2) is 71.0 Å². The number of sulfonamides is 1. The van der Waals surface area contributed by atoms with E-state index < -0.39 is 10.0 Å². The first-order valence-corrected chi connectivity index (χ1v) is 15.0. The van der Waals surface area contributed by atoms with E-state index >= 15 is 0 Å². The third kappa shape index (κ3) is 6.24. The monoisotopic (exact) mass is 555 g/mol. The van der Waals surface area contributed by atoms with Crippen LogP contribution in [0.5, 0.6) is 5.75 Å². The van der Waals surface area contributed by atoms with Crippen molar-refractivity contribution in [1.82, 2.24) is 28.6 Å². The zero-order valence-electron chi connectivity index (χ0n) is 20.3. The number of aromatic nitrogens is 5. The fourth-order valence-corrected chi connectivity index (χ4v) is 6.17. The van der Waals surface area contributed by atoms with E-state index in [4.69, 9.17) is 9.82 Å². The summed E-state index contributed by atoms with van der Waals surface area (Å²) in [6.45, 7) is 2.79. The third-order valence-corrected chi connectivity index (χ3v) is 8.76. The van der Waals surface area contributed by atoms with Crippen LogP contribution in [0.4, 0.5) is 10.9 Å². The Labute approximate surface area is 224 Å². The fraction of sp³-hybridized carbons (Fsp3) is 0.292. The molecule has 192 valence electrons. The number of nitrogens with zero attached hydrogens (tertiary/aromatic N) is 7. The quantitative estimate of drug-likeness (QED) is 0.289. The summed E-state index contributed by atoms with van der Waals surface area (Å²) in [6.07, 6.45) is 7.82. The van der Waals surface area contributed by atoms with E-state index in [1.165, 1.54) is 33.9 Å². The molecule has 1 aliphatic heterocycles. The van der Waals surface area contributed by atoms with Gasteiger partial charge in [0.25, 0.3) is 0 Å². The summed E-state index contributed by atoms with van der Waals surface area (Å²) < 4.78 is 29.8. The summed E-state index contributed by atoms with van der Waals surface area (Å²) in [7, 11) is -3.19. The predicted molar refractivity (Wildman–Crippen MR) is 143 cm³/mol. The molecule has 1 aliphatic rings. The van der Waals surface area contributed by atoms with Gasteiger partial charge in [-0.15, -0.1) is 5.06 Å². The lowest BCUT2D eigenvalue weighted by molar-refractivity contribution is 0.311. The number of hydrogen-bond donors (Lipinski definition) is 0. The van der Waals surface area contributed by atoms with Gasteiger partial charge in [0, 0.05) is 54.0 Å². The molecule has 1 fully saturated rings. The van der Waals surface area contributed by atoms with Crippen LogP contribution in [0, 0.1) is 6.92 Å². The minimum Gasteiger partial charge on any atom is -0.369 e. The first kappa shape index (κ1) is 25.5. The average molecular weight is 556 g/mol. The van der Waals surface area contributed by atoms with E-state index in [0.29, 0.717) is 48.5 Å². The summed E-state index contributed by atoms with van der Waals surface area (Å²) in [6, 6.07) is 13.2. The fourth-order valence-electron chi connectivity index (χ4n) is 3.85. The number of anilines is 2. The molecule has 0 spiro atoms. The van der Waals surface area contributed by atoms with E-state index in [9.17, 15) is 8.42 Å². The molecular weight excluding hydrogens is 531 g/mol. The first-order valence-electron chi connectivity index (χ1n) is 11.6. The molecule has 5 rings (SSSR count). The number of hydrogen-bond acceptors (Lipinski definition) is 11. The van der Waals surface area contributed by atoms with Crippen molar-refractivity contribution in [3.05, 3.63) is 72.6 Å². The van der Waals surface area contributed by atoms with E-state index in [0.717, 1.165) is 15.6 Å². The number of rotatable bonds is 8. The van der Waals surface area contributed by atoms with Crippen molar-refractivity contribution in [3.8, 4) is 5.75 Å². The molecule has 0 aromatic carbocycles. The molecule has 0 N–H and O–H groups in total. The maximum atomic E-state index is 11.9. The second-order valence-corrected chi connectivity index (χ2v) is 12.3. The largest absolute Gasteiger partial charge is 0.369 e. The molecule has 5 heterocycles. The molecule has 37 heavy (non-hydrogen) atoms. The van der Waals surface area contributed by atoms with Gasteiger partial charge in [0.15, 0.2) is 11.6 Å². The minimum atomic E-state index is -3.19. The second-order valence-electron chi connectivity index (χ2n) is 8.47. The van der Waals surface area contributed by atoms with Crippen LogP contribution in [-0.4, -0.2) is 56.4 Å². The van der Waals surface area contributed by atoms with Crippen LogP contribution in [-0.2, 0) is 10.0 Å². The smallest absolute Gasteiger partial charge is 0.246 e. The summed E-state index contributed by atoms with van der Waals surface area (Å²) in [4.78, 5) is 25.3. The van der Waals surface area contributed by atoms with Gasteiger partial charge in [0.2, 0.25) is 15.2 Å². The normalized spacial score (nSPS) is 15.0. The number of aryl methyl sites for hydroxylation is 1. The maximum Gasteiger partial charge on any atom is 0.246 e. The van der Waals surface area contributed by atoms with Gasteiger partial charge in [-0.05, 0) is 56.2 Å². The van der Waals surface area contributed by atoms with Crippen LogP contribution < -0.4 is 9.90 Å². The molecular formula is C24H25N7O3S3. The molecule has 0 bridgehead atoms. The average Bonchev–Trinajstić information content (AvgIpc) is 3.39. The van der Waals surface area contributed by atoms with Crippen molar-refractivity contribution in [2.75, 3.05) is 24.4 Å². The predicted octanol–water partition coefficient (Wildman–Crippen LogP) is 4.45. The molecule has 10 nitrogen and oxygen atoms in total. The van der Waals surface area contributed by atoms with Gasteiger partial charge in [0.05, 0.1) is 11.9 Å². The van der Waals surface area contributed by atoms with Crippen LogP contribution in [0.25, 0.3) is 0 Å². The highest BCUT2D eigenvalue weighted by Gasteiger charge is 2.29. The zero-order valence-corrected chi connectivity index (χ0v) is 22.7.